The number of benzene rings is 2. The van der Waals surface area contributed by atoms with Crippen molar-refractivity contribution >= 4 is 23.4 Å². The summed E-state index contributed by atoms with van der Waals surface area (Å²) in [6, 6.07) is 17.0. The van der Waals surface area contributed by atoms with Crippen LogP contribution in [0.4, 0.5) is 20.6 Å². The third-order valence-electron chi connectivity index (χ3n) is 6.19. The summed E-state index contributed by atoms with van der Waals surface area (Å²) in [5.74, 6) is -0.612. The van der Waals surface area contributed by atoms with Gasteiger partial charge >= 0.3 is 6.09 Å². The van der Waals surface area contributed by atoms with E-state index in [0.29, 0.717) is 43.7 Å². The number of cyclic esters (lactones) is 1. The first-order chi connectivity index (χ1) is 16.4. The zero-order valence-electron chi connectivity index (χ0n) is 19.1. The topological polar surface area (TPSA) is 85.7 Å². The molecule has 2 saturated heterocycles. The number of rotatable bonds is 6. The van der Waals surface area contributed by atoms with E-state index < -0.39 is 18.0 Å². The second kappa shape index (κ2) is 10.4. The molecule has 1 atom stereocenters. The van der Waals surface area contributed by atoms with Crippen molar-refractivity contribution in [1.29, 1.82) is 5.26 Å². The molecule has 2 aromatic carbocycles. The molecule has 0 bridgehead atoms. The smallest absolute Gasteiger partial charge is 0.414 e. The maximum Gasteiger partial charge on any atom is 0.414 e. The Hall–Kier alpha value is -3.86. The van der Waals surface area contributed by atoms with Crippen LogP contribution in [0.15, 0.2) is 59.7 Å². The number of piperidine rings is 1. The molecule has 4 rings (SSSR count). The number of amides is 2. The average molecular weight is 463 g/mol. The molecule has 7 nitrogen and oxygen atoms in total. The summed E-state index contributed by atoms with van der Waals surface area (Å²) in [6.07, 6.45) is 1.000. The largest absolute Gasteiger partial charge is 0.442 e. The molecule has 2 heterocycles. The van der Waals surface area contributed by atoms with Crippen LogP contribution in [0, 0.1) is 17.1 Å². The predicted molar refractivity (Wildman–Crippen MR) is 127 cm³/mol. The summed E-state index contributed by atoms with van der Waals surface area (Å²) in [4.78, 5) is 26.6. The second-order valence-corrected chi connectivity index (χ2v) is 8.53. The molecule has 2 aromatic rings. The Balaban J connectivity index is 1.40. The highest BCUT2D eigenvalue weighted by atomic mass is 19.1. The summed E-state index contributed by atoms with van der Waals surface area (Å²) in [6.45, 7) is 3.10. The minimum atomic E-state index is -0.558. The lowest BCUT2D eigenvalue weighted by atomic mass is 9.94. The Morgan fingerprint density at radius 2 is 1.94 bits per heavy atom. The first kappa shape index (κ1) is 23.3. The van der Waals surface area contributed by atoms with E-state index in [4.69, 9.17) is 4.74 Å². The molecule has 8 heteroatoms. The van der Waals surface area contributed by atoms with Gasteiger partial charge < -0.3 is 15.0 Å². The van der Waals surface area contributed by atoms with Gasteiger partial charge in [0, 0.05) is 32.0 Å². The van der Waals surface area contributed by atoms with Crippen LogP contribution < -0.4 is 15.1 Å². The van der Waals surface area contributed by atoms with E-state index in [0.717, 1.165) is 16.7 Å². The number of hydrogen-bond acceptors (Lipinski definition) is 5. The highest BCUT2D eigenvalue weighted by Gasteiger charge is 2.33. The number of nitrogens with one attached hydrogen (secondary N) is 1. The monoisotopic (exact) mass is 462 g/mol. The van der Waals surface area contributed by atoms with Crippen LogP contribution >= 0.6 is 0 Å². The molecule has 34 heavy (non-hydrogen) atoms. The first-order valence-corrected chi connectivity index (χ1v) is 11.4. The van der Waals surface area contributed by atoms with Crippen molar-refractivity contribution in [2.45, 2.75) is 32.3 Å². The number of ether oxygens (including phenoxy) is 1. The zero-order valence-corrected chi connectivity index (χ0v) is 19.1. The fourth-order valence-corrected chi connectivity index (χ4v) is 4.38. The SMILES string of the molecule is CC(=O)NCC1CN(c2ccc(N3CCC(=C(C#N)Cc4ccccc4)CC3)c(F)c2)C(=O)O1. The van der Waals surface area contributed by atoms with E-state index >= 15 is 4.39 Å². The van der Waals surface area contributed by atoms with Crippen LogP contribution in [0.2, 0.25) is 0 Å². The molecule has 0 radical (unpaired) electrons. The molecule has 2 fully saturated rings. The fraction of sp³-hybridized carbons (Fsp3) is 0.346. The van der Waals surface area contributed by atoms with Crippen molar-refractivity contribution in [1.82, 2.24) is 5.32 Å². The van der Waals surface area contributed by atoms with Gasteiger partial charge in [-0.2, -0.15) is 5.26 Å². The Morgan fingerprint density at radius 3 is 2.59 bits per heavy atom. The fourth-order valence-electron chi connectivity index (χ4n) is 4.38. The molecule has 1 N–H and O–H groups in total. The van der Waals surface area contributed by atoms with Gasteiger partial charge in [-0.25, -0.2) is 9.18 Å². The molecule has 176 valence electrons. The number of halogens is 1. The lowest BCUT2D eigenvalue weighted by molar-refractivity contribution is -0.119. The van der Waals surface area contributed by atoms with Crippen molar-refractivity contribution in [2.75, 3.05) is 36.0 Å². The van der Waals surface area contributed by atoms with E-state index in [1.165, 1.54) is 17.9 Å². The van der Waals surface area contributed by atoms with Crippen molar-refractivity contribution < 1.29 is 18.7 Å². The number of allylic oxidation sites excluding steroid dienone is 1. The van der Waals surface area contributed by atoms with E-state index in [9.17, 15) is 14.9 Å². The van der Waals surface area contributed by atoms with Gasteiger partial charge in [-0.3, -0.25) is 9.69 Å². The average Bonchev–Trinajstić information content (AvgIpc) is 3.22. The van der Waals surface area contributed by atoms with Crippen LogP contribution in [0.25, 0.3) is 0 Å². The summed E-state index contributed by atoms with van der Waals surface area (Å²) in [5, 5.41) is 12.3. The van der Waals surface area contributed by atoms with E-state index in [1.54, 1.807) is 12.1 Å². The predicted octanol–water partition coefficient (Wildman–Crippen LogP) is 3.95. The van der Waals surface area contributed by atoms with Crippen molar-refractivity contribution in [3.63, 3.8) is 0 Å². The van der Waals surface area contributed by atoms with Gasteiger partial charge in [0.25, 0.3) is 0 Å². The van der Waals surface area contributed by atoms with Gasteiger partial charge in [-0.15, -0.1) is 0 Å². The molecule has 0 aromatic heterocycles. The standard InChI is InChI=1S/C26H27FN4O3/c1-18(32)29-16-23-17-31(26(33)34-23)22-7-8-25(24(27)14-22)30-11-9-20(10-12-30)21(15-28)13-19-5-3-2-4-6-19/h2-8,14,23H,9-13,16-17H2,1H3,(H,29,32). The highest BCUT2D eigenvalue weighted by Crippen LogP contribution is 2.31. The minimum Gasteiger partial charge on any atom is -0.442 e. The van der Waals surface area contributed by atoms with Gasteiger partial charge in [0.2, 0.25) is 5.91 Å². The summed E-state index contributed by atoms with van der Waals surface area (Å²) < 4.78 is 20.3. The van der Waals surface area contributed by atoms with Crippen molar-refractivity contribution in [3.05, 3.63) is 71.1 Å². The lowest BCUT2D eigenvalue weighted by Crippen LogP contribution is -2.33. The van der Waals surface area contributed by atoms with Crippen LogP contribution in [-0.4, -0.2) is 44.3 Å². The number of nitrogens with zero attached hydrogens (tertiary/aromatic N) is 3. The second-order valence-electron chi connectivity index (χ2n) is 8.53. The van der Waals surface area contributed by atoms with Gasteiger partial charge in [0.1, 0.15) is 11.9 Å². The molecular formula is C26H27FN4O3. The Labute approximate surface area is 198 Å². The highest BCUT2D eigenvalue weighted by molar-refractivity contribution is 5.90. The molecule has 2 aliphatic heterocycles. The molecule has 0 aliphatic carbocycles. The van der Waals surface area contributed by atoms with Gasteiger partial charge in [0.05, 0.1) is 30.5 Å². The lowest BCUT2D eigenvalue weighted by Gasteiger charge is -2.31. The number of nitriles is 1. The number of anilines is 2. The van der Waals surface area contributed by atoms with Crippen LogP contribution in [0.3, 0.4) is 0 Å². The minimum absolute atomic E-state index is 0.202. The van der Waals surface area contributed by atoms with Crippen molar-refractivity contribution in [2.24, 2.45) is 0 Å². The van der Waals surface area contributed by atoms with Gasteiger partial charge in [-0.05, 0) is 36.6 Å². The molecule has 0 saturated carbocycles. The normalized spacial score (nSPS) is 17.9. The van der Waals surface area contributed by atoms with Crippen LogP contribution in [0.1, 0.15) is 25.3 Å². The zero-order chi connectivity index (χ0) is 24.1. The molecule has 2 amide bonds. The summed E-state index contributed by atoms with van der Waals surface area (Å²) in [7, 11) is 0. The quantitative estimate of drug-likeness (QED) is 0.657. The summed E-state index contributed by atoms with van der Waals surface area (Å²) in [5.41, 5.74) is 3.93. The Morgan fingerprint density at radius 1 is 1.21 bits per heavy atom. The third kappa shape index (κ3) is 5.37. The maximum absolute atomic E-state index is 15.0. The molecule has 0 spiro atoms. The van der Waals surface area contributed by atoms with E-state index in [1.807, 2.05) is 35.2 Å². The first-order valence-electron chi connectivity index (χ1n) is 11.4. The van der Waals surface area contributed by atoms with Crippen LogP contribution in [-0.2, 0) is 16.0 Å². The molecule has 1 unspecified atom stereocenters. The number of carbonyl (C=O) groups is 2. The molecular weight excluding hydrogens is 435 g/mol. The van der Waals surface area contributed by atoms with Crippen molar-refractivity contribution in [3.8, 4) is 6.07 Å². The van der Waals surface area contributed by atoms with Gasteiger partial charge in [0.15, 0.2) is 0 Å². The third-order valence-corrected chi connectivity index (χ3v) is 6.19. The van der Waals surface area contributed by atoms with E-state index in [2.05, 4.69) is 11.4 Å². The number of hydrogen-bond donors (Lipinski definition) is 1. The Kier molecular flexibility index (Phi) is 7.12. The number of carbonyl (C=O) groups excluding carboxylic acids is 2. The summed E-state index contributed by atoms with van der Waals surface area (Å²) >= 11 is 0. The molecule has 2 aliphatic rings. The Bertz CT molecular complexity index is 1130. The van der Waals surface area contributed by atoms with Gasteiger partial charge in [-0.1, -0.05) is 35.9 Å². The van der Waals surface area contributed by atoms with E-state index in [-0.39, 0.29) is 19.0 Å². The van der Waals surface area contributed by atoms with Crippen LogP contribution in [0.5, 0.6) is 0 Å². The maximum atomic E-state index is 15.0.